The quantitative estimate of drug-likeness (QED) is 0.810. The van der Waals surface area contributed by atoms with E-state index in [0.717, 1.165) is 6.26 Å². The highest BCUT2D eigenvalue weighted by Crippen LogP contribution is 2.18. The molecule has 2 aromatic carbocycles. The fourth-order valence-electron chi connectivity index (χ4n) is 1.84. The second kappa shape index (κ2) is 5.95. The number of Topliss-reactive ketones (excluding diaryl/α,β-unsaturated/α-hetero) is 1. The van der Waals surface area contributed by atoms with Crippen molar-refractivity contribution in [2.24, 2.45) is 0 Å². The van der Waals surface area contributed by atoms with Crippen molar-refractivity contribution in [3.05, 3.63) is 64.4 Å². The summed E-state index contributed by atoms with van der Waals surface area (Å²) >= 11 is 5.58. The largest absolute Gasteiger partial charge is 0.294 e. The number of sulfone groups is 1. The van der Waals surface area contributed by atoms with Crippen molar-refractivity contribution in [3.8, 4) is 0 Å². The molecule has 0 amide bonds. The van der Waals surface area contributed by atoms with Crippen LogP contribution >= 0.6 is 11.6 Å². The van der Waals surface area contributed by atoms with E-state index >= 15 is 0 Å². The molecule has 0 spiro atoms. The zero-order valence-corrected chi connectivity index (χ0v) is 12.7. The summed E-state index contributed by atoms with van der Waals surface area (Å²) in [5, 5.41) is -0.00901. The highest BCUT2D eigenvalue weighted by Gasteiger charge is 2.13. The maximum absolute atomic E-state index is 13.3. The normalized spacial score (nSPS) is 11.4. The van der Waals surface area contributed by atoms with Crippen molar-refractivity contribution in [2.45, 2.75) is 11.3 Å². The van der Waals surface area contributed by atoms with Gasteiger partial charge in [0.25, 0.3) is 0 Å². The van der Waals surface area contributed by atoms with Gasteiger partial charge >= 0.3 is 0 Å². The van der Waals surface area contributed by atoms with Crippen LogP contribution in [0.4, 0.5) is 4.39 Å². The minimum atomic E-state index is -3.37. The van der Waals surface area contributed by atoms with Crippen LogP contribution in [0.15, 0.2) is 47.4 Å². The predicted octanol–water partition coefficient (Wildman–Crippen LogP) is 3.31. The number of hydrogen-bond donors (Lipinski definition) is 0. The van der Waals surface area contributed by atoms with Crippen LogP contribution in [-0.2, 0) is 16.3 Å². The van der Waals surface area contributed by atoms with Crippen LogP contribution in [0.2, 0.25) is 5.02 Å². The molecule has 0 atom stereocenters. The van der Waals surface area contributed by atoms with Crippen LogP contribution in [0.25, 0.3) is 0 Å². The third-order valence-electron chi connectivity index (χ3n) is 2.93. The molecule has 0 aliphatic carbocycles. The van der Waals surface area contributed by atoms with Gasteiger partial charge in [0.1, 0.15) is 5.82 Å². The number of carbonyl (C=O) groups is 1. The van der Waals surface area contributed by atoms with E-state index in [4.69, 9.17) is 11.6 Å². The molecule has 2 rings (SSSR count). The van der Waals surface area contributed by atoms with E-state index in [1.165, 1.54) is 36.4 Å². The lowest BCUT2D eigenvalue weighted by molar-refractivity contribution is 0.0992. The van der Waals surface area contributed by atoms with Crippen LogP contribution < -0.4 is 0 Å². The average molecular weight is 327 g/mol. The fraction of sp³-hybridized carbons (Fsp3) is 0.133. The molecule has 3 nitrogen and oxygen atoms in total. The Morgan fingerprint density at radius 1 is 1.19 bits per heavy atom. The first-order valence-electron chi connectivity index (χ1n) is 6.04. The van der Waals surface area contributed by atoms with Gasteiger partial charge in [-0.3, -0.25) is 4.79 Å². The average Bonchev–Trinajstić information content (AvgIpc) is 2.42. The predicted molar refractivity (Wildman–Crippen MR) is 79.0 cm³/mol. The maximum atomic E-state index is 13.3. The van der Waals surface area contributed by atoms with Gasteiger partial charge in [-0.15, -0.1) is 0 Å². The molecule has 0 bridgehead atoms. The summed E-state index contributed by atoms with van der Waals surface area (Å²) in [5.74, 6) is -0.880. The minimum absolute atomic E-state index is 0.00901. The van der Waals surface area contributed by atoms with Gasteiger partial charge in [-0.2, -0.15) is 0 Å². The van der Waals surface area contributed by atoms with Crippen molar-refractivity contribution in [1.82, 2.24) is 0 Å². The molecule has 0 radical (unpaired) electrons. The highest BCUT2D eigenvalue weighted by atomic mass is 35.5. The number of halogens is 2. The summed E-state index contributed by atoms with van der Waals surface area (Å²) < 4.78 is 36.3. The van der Waals surface area contributed by atoms with E-state index in [2.05, 4.69) is 0 Å². The topological polar surface area (TPSA) is 51.2 Å². The van der Waals surface area contributed by atoms with Gasteiger partial charge in [0.05, 0.1) is 9.92 Å². The number of benzene rings is 2. The lowest BCUT2D eigenvalue weighted by Gasteiger charge is -2.05. The highest BCUT2D eigenvalue weighted by molar-refractivity contribution is 7.90. The van der Waals surface area contributed by atoms with E-state index in [9.17, 15) is 17.6 Å². The van der Waals surface area contributed by atoms with Gasteiger partial charge in [0.15, 0.2) is 15.6 Å². The molecule has 0 saturated carbocycles. The smallest absolute Gasteiger partial charge is 0.175 e. The van der Waals surface area contributed by atoms with E-state index in [1.807, 2.05) is 0 Å². The molecule has 0 fully saturated rings. The lowest BCUT2D eigenvalue weighted by Crippen LogP contribution is -2.06. The van der Waals surface area contributed by atoms with Gasteiger partial charge in [-0.25, -0.2) is 12.8 Å². The summed E-state index contributed by atoms with van der Waals surface area (Å²) in [6.07, 6.45) is 1.05. The molecule has 0 saturated heterocycles. The van der Waals surface area contributed by atoms with Crippen LogP contribution in [0, 0.1) is 5.82 Å². The third-order valence-corrected chi connectivity index (χ3v) is 4.35. The van der Waals surface area contributed by atoms with E-state index in [0.29, 0.717) is 5.56 Å². The molecule has 0 N–H and O–H groups in total. The molecule has 2 aromatic rings. The zero-order valence-electron chi connectivity index (χ0n) is 11.1. The van der Waals surface area contributed by atoms with Crippen molar-refractivity contribution in [1.29, 1.82) is 0 Å². The molecule has 6 heteroatoms. The van der Waals surface area contributed by atoms with Crippen molar-refractivity contribution < 1.29 is 17.6 Å². The van der Waals surface area contributed by atoms with Gasteiger partial charge in [-0.05, 0) is 29.8 Å². The summed E-state index contributed by atoms with van der Waals surface area (Å²) in [6, 6.07) is 9.92. The first-order valence-corrected chi connectivity index (χ1v) is 8.31. The monoisotopic (exact) mass is 326 g/mol. The van der Waals surface area contributed by atoms with Crippen LogP contribution in [0.3, 0.4) is 0 Å². The molecule has 21 heavy (non-hydrogen) atoms. The summed E-state index contributed by atoms with van der Waals surface area (Å²) in [5.41, 5.74) is 0.750. The Hall–Kier alpha value is -1.72. The van der Waals surface area contributed by atoms with Crippen molar-refractivity contribution >= 4 is 27.2 Å². The first-order chi connectivity index (χ1) is 9.77. The SMILES string of the molecule is CS(=O)(=O)c1cccc(C(=O)Cc2ccc(Cl)c(F)c2)c1. The lowest BCUT2D eigenvalue weighted by atomic mass is 10.0. The molecular weight excluding hydrogens is 315 g/mol. The van der Waals surface area contributed by atoms with Crippen LogP contribution in [0.1, 0.15) is 15.9 Å². The second-order valence-corrected chi connectivity index (χ2v) is 7.07. The van der Waals surface area contributed by atoms with Gasteiger partial charge in [0.2, 0.25) is 0 Å². The number of ketones is 1. The Morgan fingerprint density at radius 2 is 1.90 bits per heavy atom. The standard InChI is InChI=1S/C15H12ClFO3S/c1-21(19,20)12-4-2-3-11(9-12)15(18)8-10-5-6-13(16)14(17)7-10/h2-7,9H,8H2,1H3. The molecule has 0 aliphatic rings. The van der Waals surface area contributed by atoms with Gasteiger partial charge in [-0.1, -0.05) is 29.8 Å². The van der Waals surface area contributed by atoms with E-state index in [-0.39, 0.29) is 27.7 Å². The van der Waals surface area contributed by atoms with Crippen molar-refractivity contribution in [3.63, 3.8) is 0 Å². The van der Waals surface area contributed by atoms with E-state index < -0.39 is 15.7 Å². The number of rotatable bonds is 4. The zero-order chi connectivity index (χ0) is 15.6. The van der Waals surface area contributed by atoms with Crippen molar-refractivity contribution in [2.75, 3.05) is 6.26 Å². The molecule has 0 heterocycles. The number of hydrogen-bond acceptors (Lipinski definition) is 3. The molecule has 0 aliphatic heterocycles. The summed E-state index contributed by atoms with van der Waals surface area (Å²) in [6.45, 7) is 0. The minimum Gasteiger partial charge on any atom is -0.294 e. The maximum Gasteiger partial charge on any atom is 0.175 e. The third kappa shape index (κ3) is 3.89. The Labute approximate surface area is 127 Å². The van der Waals surface area contributed by atoms with Gasteiger partial charge < -0.3 is 0 Å². The molecule has 0 unspecified atom stereocenters. The summed E-state index contributed by atoms with van der Waals surface area (Å²) in [7, 11) is -3.37. The number of carbonyl (C=O) groups excluding carboxylic acids is 1. The molecule has 110 valence electrons. The Kier molecular flexibility index (Phi) is 4.44. The van der Waals surface area contributed by atoms with Crippen LogP contribution in [0.5, 0.6) is 0 Å². The Morgan fingerprint density at radius 3 is 2.52 bits per heavy atom. The summed E-state index contributed by atoms with van der Waals surface area (Å²) in [4.78, 5) is 12.2. The van der Waals surface area contributed by atoms with Crippen LogP contribution in [-0.4, -0.2) is 20.5 Å². The van der Waals surface area contributed by atoms with E-state index in [1.54, 1.807) is 6.07 Å². The molecular formula is C15H12ClFO3S. The molecule has 0 aromatic heterocycles. The second-order valence-electron chi connectivity index (χ2n) is 4.65. The van der Waals surface area contributed by atoms with Gasteiger partial charge in [0, 0.05) is 18.2 Å². The first kappa shape index (κ1) is 15.7. The fourth-order valence-corrected chi connectivity index (χ4v) is 2.62. The Balaban J connectivity index is 2.26. The Bertz CT molecular complexity index is 800.